The molecule has 0 bridgehead atoms. The molecule has 0 N–H and O–H groups in total. The molecule has 9 rings (SSSR count). The van der Waals surface area contributed by atoms with Crippen molar-refractivity contribution in [2.24, 2.45) is 5.41 Å². The van der Waals surface area contributed by atoms with E-state index in [0.29, 0.717) is 92.5 Å². The summed E-state index contributed by atoms with van der Waals surface area (Å²) in [5.41, 5.74) is 2.19. The molecule has 0 radical (unpaired) electrons. The van der Waals surface area contributed by atoms with Crippen molar-refractivity contribution in [3.05, 3.63) is 35.9 Å². The zero-order valence-corrected chi connectivity index (χ0v) is 86.5. The first-order valence-electron chi connectivity index (χ1n) is 51.0. The number of likely N-dealkylation sites (N-methyl/N-ethyl adjacent to an activating group) is 1. The average molecular weight is 1790 g/mol. The van der Waals surface area contributed by atoms with Crippen LogP contribution >= 0.6 is 0 Å². The van der Waals surface area contributed by atoms with E-state index >= 15 is 0 Å². The molecule has 8 aliphatic rings. The van der Waals surface area contributed by atoms with Gasteiger partial charge in [-0.15, -0.1) is 0 Å². The highest BCUT2D eigenvalue weighted by atomic mass is 16.6. The predicted molar refractivity (Wildman–Crippen MR) is 523 cm³/mol. The predicted octanol–water partition coefficient (Wildman–Crippen LogP) is 18.6. The Bertz CT molecular complexity index is 2470. The second-order valence-corrected chi connectivity index (χ2v) is 39.4. The van der Waals surface area contributed by atoms with Crippen LogP contribution in [0.5, 0.6) is 0 Å². The quantitative estimate of drug-likeness (QED) is 0.0340. The maximum absolute atomic E-state index is 11.3. The van der Waals surface area contributed by atoms with Crippen LogP contribution in [0.25, 0.3) is 0 Å². The van der Waals surface area contributed by atoms with Crippen LogP contribution in [-0.4, -0.2) is 346 Å². The fraction of sp³-hybridized carbons (Fsp3) is 0.913. The molecule has 7 aliphatic heterocycles. The van der Waals surface area contributed by atoms with Crippen molar-refractivity contribution in [1.29, 1.82) is 0 Å². The van der Waals surface area contributed by atoms with Crippen molar-refractivity contribution >= 4 is 17.9 Å². The number of esters is 3. The first-order valence-corrected chi connectivity index (χ1v) is 51.0. The first-order chi connectivity index (χ1) is 59.9. The number of nitrogens with zero attached hydrogens (tertiary/aromatic N) is 8. The number of piperidine rings is 2. The van der Waals surface area contributed by atoms with Gasteiger partial charge in [0.2, 0.25) is 0 Å². The zero-order chi connectivity index (χ0) is 93.9. The number of unbranched alkanes of at least 4 members (excludes halogenated alkanes) is 1. The number of carbonyl (C=O) groups excluding carboxylic acids is 3. The number of benzene rings is 1. The standard InChI is InChI=1S/3C12H25NO2.2C12H23NO2.C12H23NO.C12H18O.C11H24N2O.C8H16O2/c3*1-10(2)14-7-5-6-13-8-11(3)15-12(4)9-13;2*1-11(2)15-12(14)7-6-10-13-8-4-3-5-9-13;1-11(2)14-8-4-7-13-9-12(10-13)5-3-6-12;1-11(2)13-10-6-9-12-7-4-3-5-8-12;1-11(2)14-10-4-5-13-8-6-12(3)7-9-13;1-4-5-6-8(9)10-7(2)3/h3*10-12H,5-9H2,1-4H3;2*11H,3-10H2,1-2H3;11H,3-10H2,1-2H3;3-5,7-8,11H,6,9-10H2,1-2H3;11H,4-10H2,1-3H3;7H,4-6H2,1-3H3/t11-,12?;11-,12+;;;;;;;/m0......../s1. The second kappa shape index (κ2) is 76.3. The van der Waals surface area contributed by atoms with Crippen LogP contribution in [0, 0.1) is 5.41 Å². The summed E-state index contributed by atoms with van der Waals surface area (Å²) in [4.78, 5) is 53.1. The van der Waals surface area contributed by atoms with E-state index in [1.165, 1.54) is 155 Å². The van der Waals surface area contributed by atoms with Gasteiger partial charge in [-0.2, -0.15) is 0 Å². The van der Waals surface area contributed by atoms with Crippen LogP contribution in [0.4, 0.5) is 0 Å². The van der Waals surface area contributed by atoms with E-state index in [4.69, 9.17) is 56.8 Å². The van der Waals surface area contributed by atoms with Crippen molar-refractivity contribution in [2.75, 3.05) is 197 Å². The summed E-state index contributed by atoms with van der Waals surface area (Å²) in [5, 5.41) is 0. The fourth-order valence-electron chi connectivity index (χ4n) is 16.3. The first kappa shape index (κ1) is 121. The van der Waals surface area contributed by atoms with Gasteiger partial charge in [-0.1, -0.05) is 62.9 Å². The maximum Gasteiger partial charge on any atom is 0.306 e. The zero-order valence-electron chi connectivity index (χ0n) is 86.5. The lowest BCUT2D eigenvalue weighted by Gasteiger charge is -2.56. The van der Waals surface area contributed by atoms with Crippen molar-refractivity contribution in [3.63, 3.8) is 0 Å². The number of rotatable bonds is 44. The highest BCUT2D eigenvalue weighted by molar-refractivity contribution is 5.70. The molecule has 7 heterocycles. The molecule has 6 atom stereocenters. The van der Waals surface area contributed by atoms with Gasteiger partial charge in [-0.25, -0.2) is 0 Å². The molecule has 1 aromatic rings. The highest BCUT2D eigenvalue weighted by Crippen LogP contribution is 2.48. The number of carbonyl (C=O) groups is 3. The summed E-state index contributed by atoms with van der Waals surface area (Å²) in [6.07, 6.45) is 30.5. The topological polar surface area (TPSA) is 188 Å². The van der Waals surface area contributed by atoms with E-state index in [1.807, 2.05) is 47.6 Å². The SMILES string of the molecule is CC(C)OC(=O)CCCN1CCCCC1.CC(C)OC(=O)CCCN1CCCCC1.CC(C)OCCCN1CC(C)OC(C)C1.CC(C)OCCCN1CC(C)O[C@@H](C)C1.CC(C)OCCCN1CC2(CCC2)C1.CC(C)OCCCN1CCN(C)CC1.CC(C)OCCCN1C[C@@H](C)O[C@@H](C)C1.CC(C)OCCCc1ccccc1.CCCCC(=O)OC(C)C. The molecule has 126 heavy (non-hydrogen) atoms. The largest absolute Gasteiger partial charge is 0.463 e. The number of ether oxygens (including phenoxy) is 12. The van der Waals surface area contributed by atoms with Crippen molar-refractivity contribution in [1.82, 2.24) is 39.2 Å². The molecule has 23 heteroatoms. The lowest BCUT2D eigenvalue weighted by molar-refractivity contribution is -0.148. The Morgan fingerprint density at radius 1 is 0.325 bits per heavy atom. The summed E-state index contributed by atoms with van der Waals surface area (Å²) in [6, 6.07) is 10.5. The van der Waals surface area contributed by atoms with Crippen molar-refractivity contribution in [3.8, 4) is 0 Å². The number of likely N-dealkylation sites (tertiary alicyclic amines) is 3. The smallest absolute Gasteiger partial charge is 0.306 e. The van der Waals surface area contributed by atoms with E-state index in [2.05, 4.69) is 202 Å². The third-order valence-corrected chi connectivity index (χ3v) is 22.3. The number of piperazine rings is 1. The summed E-state index contributed by atoms with van der Waals surface area (Å²) in [6.45, 7) is 83.3. The second-order valence-electron chi connectivity index (χ2n) is 39.4. The summed E-state index contributed by atoms with van der Waals surface area (Å²) in [7, 11) is 2.19. The Kier molecular flexibility index (Phi) is 73.2. The fourth-order valence-corrected chi connectivity index (χ4v) is 16.3. The molecule has 1 aliphatic carbocycles. The Hall–Kier alpha value is -3.05. The van der Waals surface area contributed by atoms with Crippen LogP contribution < -0.4 is 0 Å². The molecule has 744 valence electrons. The van der Waals surface area contributed by atoms with Gasteiger partial charge in [0, 0.05) is 170 Å². The minimum Gasteiger partial charge on any atom is -0.463 e. The molecule has 0 amide bonds. The Morgan fingerprint density at radius 2 is 0.595 bits per heavy atom. The monoisotopic (exact) mass is 1790 g/mol. The lowest BCUT2D eigenvalue weighted by Crippen LogP contribution is -2.59. The molecule has 1 spiro atoms. The number of hydrogen-bond acceptors (Lipinski definition) is 23. The number of morpholine rings is 3. The third-order valence-electron chi connectivity index (χ3n) is 22.3. The summed E-state index contributed by atoms with van der Waals surface area (Å²) < 4.78 is 65.2. The van der Waals surface area contributed by atoms with E-state index in [-0.39, 0.29) is 36.2 Å². The molecule has 7 saturated heterocycles. The van der Waals surface area contributed by atoms with Crippen molar-refractivity contribution < 1.29 is 71.2 Å². The van der Waals surface area contributed by atoms with Gasteiger partial charge >= 0.3 is 17.9 Å². The molecular weight excluding hydrogens is 1590 g/mol. The Morgan fingerprint density at radius 3 is 0.873 bits per heavy atom. The van der Waals surface area contributed by atoms with E-state index in [1.54, 1.807) is 0 Å². The van der Waals surface area contributed by atoms with Gasteiger partial charge in [0.1, 0.15) is 0 Å². The molecular formula is C103H202N8O15. The summed E-state index contributed by atoms with van der Waals surface area (Å²) >= 11 is 0. The van der Waals surface area contributed by atoms with Gasteiger partial charge in [0.05, 0.1) is 91.6 Å². The molecule has 3 unspecified atom stereocenters. The van der Waals surface area contributed by atoms with Crippen LogP contribution in [0.3, 0.4) is 0 Å². The van der Waals surface area contributed by atoms with Crippen LogP contribution in [0.1, 0.15) is 320 Å². The number of aryl methyl sites for hydroxylation is 1. The molecule has 0 aromatic heterocycles. The van der Waals surface area contributed by atoms with Gasteiger partial charge in [-0.3, -0.25) is 29.1 Å². The van der Waals surface area contributed by atoms with Gasteiger partial charge in [-0.05, 0) is 326 Å². The molecule has 23 nitrogen and oxygen atoms in total. The van der Waals surface area contributed by atoms with E-state index in [0.717, 1.165) is 175 Å². The minimum atomic E-state index is -0.0724. The molecule has 1 aromatic carbocycles. The number of hydrogen-bond donors (Lipinski definition) is 0. The third kappa shape index (κ3) is 72.5. The lowest BCUT2D eigenvalue weighted by atomic mass is 9.63. The van der Waals surface area contributed by atoms with Crippen LogP contribution in [-0.2, 0) is 77.6 Å². The van der Waals surface area contributed by atoms with Crippen LogP contribution in [0.2, 0.25) is 0 Å². The minimum absolute atomic E-state index is 0.0208. The van der Waals surface area contributed by atoms with Gasteiger partial charge in [0.25, 0.3) is 0 Å². The van der Waals surface area contributed by atoms with Gasteiger partial charge in [0.15, 0.2) is 0 Å². The van der Waals surface area contributed by atoms with E-state index in [9.17, 15) is 14.4 Å². The highest BCUT2D eigenvalue weighted by Gasteiger charge is 2.46. The van der Waals surface area contributed by atoms with Crippen LogP contribution in [0.15, 0.2) is 30.3 Å². The molecule has 1 saturated carbocycles. The molecule has 8 fully saturated rings. The Balaban J connectivity index is 0.000000710. The normalized spacial score (nSPS) is 21.5. The van der Waals surface area contributed by atoms with Crippen molar-refractivity contribution in [2.45, 2.75) is 412 Å². The summed E-state index contributed by atoms with van der Waals surface area (Å²) in [5.74, 6) is -0.180. The maximum atomic E-state index is 11.3. The Labute approximate surface area is 775 Å². The van der Waals surface area contributed by atoms with Gasteiger partial charge < -0.3 is 81.3 Å². The average Bonchev–Trinajstić information content (AvgIpc) is 0.764. The van der Waals surface area contributed by atoms with E-state index < -0.39 is 0 Å².